The third-order valence-electron chi connectivity index (χ3n) is 5.01. The van der Waals surface area contributed by atoms with Gasteiger partial charge in [-0.15, -0.1) is 11.8 Å². The van der Waals surface area contributed by atoms with Gasteiger partial charge < -0.3 is 21.0 Å². The lowest BCUT2D eigenvalue weighted by atomic mass is 10.0. The average molecular weight is 505 g/mol. The van der Waals surface area contributed by atoms with Crippen LogP contribution in [0.3, 0.4) is 0 Å². The van der Waals surface area contributed by atoms with Crippen molar-refractivity contribution in [2.45, 2.75) is 31.3 Å². The number of nitrogens with one attached hydrogen (secondary N) is 1. The average Bonchev–Trinajstić information content (AvgIpc) is 3.26. The highest BCUT2D eigenvalue weighted by Crippen LogP contribution is 2.40. The van der Waals surface area contributed by atoms with Crippen molar-refractivity contribution >= 4 is 51.9 Å². The molecule has 4 N–H and O–H groups in total. The van der Waals surface area contributed by atoms with Gasteiger partial charge in [-0.2, -0.15) is 9.36 Å². The monoisotopic (exact) mass is 504 g/mol. The fourth-order valence-corrected chi connectivity index (χ4v) is 5.26. The normalized spacial score (nSPS) is 20.0. The molecular weight excluding hydrogens is 482 g/mol. The summed E-state index contributed by atoms with van der Waals surface area (Å²) in [5, 5.41) is 15.9. The number of anilines is 1. The molecule has 14 heteroatoms. The number of β-lactam (4-membered cyclic amide) rings is 1. The van der Waals surface area contributed by atoms with Gasteiger partial charge in [0.25, 0.3) is 11.8 Å². The molecule has 2 aromatic heterocycles. The van der Waals surface area contributed by atoms with E-state index in [2.05, 4.69) is 19.8 Å². The van der Waals surface area contributed by atoms with Gasteiger partial charge in [0.2, 0.25) is 11.5 Å². The second-order valence-electron chi connectivity index (χ2n) is 7.40. The summed E-state index contributed by atoms with van der Waals surface area (Å²) in [6, 6.07) is 4.62. The van der Waals surface area contributed by atoms with Gasteiger partial charge in [-0.1, -0.05) is 18.1 Å². The maximum atomic E-state index is 12.9. The number of fused-ring (bicyclic) bond motifs is 1. The summed E-state index contributed by atoms with van der Waals surface area (Å²) in [4.78, 5) is 48.3. The smallest absolute Gasteiger partial charge is 0.352 e. The molecule has 12 nitrogen and oxygen atoms in total. The van der Waals surface area contributed by atoms with E-state index in [0.717, 1.165) is 11.5 Å². The minimum absolute atomic E-state index is 0.00989. The number of nitrogen functional groups attached to an aromatic ring is 1. The first-order valence-corrected chi connectivity index (χ1v) is 12.2. The lowest BCUT2D eigenvalue weighted by Crippen LogP contribution is -2.71. The zero-order chi connectivity index (χ0) is 24.2. The van der Waals surface area contributed by atoms with Crippen LogP contribution in [0.15, 0.2) is 47.0 Å². The summed E-state index contributed by atoms with van der Waals surface area (Å²) < 4.78 is 5.84. The number of carbonyl (C=O) groups excluding carboxylic acids is 2. The number of rotatable bonds is 9. The van der Waals surface area contributed by atoms with Gasteiger partial charge in [-0.05, 0) is 6.42 Å². The van der Waals surface area contributed by atoms with Gasteiger partial charge in [0.15, 0.2) is 24.1 Å². The highest BCUT2D eigenvalue weighted by Gasteiger charge is 2.54. The molecule has 2 amide bonds. The third-order valence-corrected chi connectivity index (χ3v) is 6.89. The van der Waals surface area contributed by atoms with E-state index in [9.17, 15) is 19.5 Å². The van der Waals surface area contributed by atoms with E-state index >= 15 is 0 Å². The summed E-state index contributed by atoms with van der Waals surface area (Å²) in [6.07, 6.45) is 4.32. The van der Waals surface area contributed by atoms with Crippen molar-refractivity contribution in [2.75, 3.05) is 18.1 Å². The molecule has 2 aliphatic heterocycles. The zero-order valence-corrected chi connectivity index (χ0v) is 19.7. The number of amides is 2. The van der Waals surface area contributed by atoms with Crippen LogP contribution in [0, 0.1) is 0 Å². The van der Waals surface area contributed by atoms with Gasteiger partial charge in [0, 0.05) is 35.0 Å². The number of carboxylic acid groups (broad SMARTS) is 1. The van der Waals surface area contributed by atoms with Crippen LogP contribution in [0.4, 0.5) is 5.13 Å². The SMILES string of the molecule is CCCON=C(C(=O)NC1C(=O)N2C(C(=O)O)=C(C[n+]3ccccc3)CS[C@H]12)c1nsc(N)n1. The van der Waals surface area contributed by atoms with E-state index in [0.29, 0.717) is 24.3 Å². The van der Waals surface area contributed by atoms with Crippen LogP contribution in [-0.2, 0) is 25.8 Å². The van der Waals surface area contributed by atoms with Gasteiger partial charge >= 0.3 is 5.97 Å². The number of aromatic nitrogens is 3. The van der Waals surface area contributed by atoms with Crippen LogP contribution < -0.4 is 15.6 Å². The summed E-state index contributed by atoms with van der Waals surface area (Å²) >= 11 is 2.28. The molecule has 4 rings (SSSR count). The van der Waals surface area contributed by atoms with Gasteiger partial charge in [-0.3, -0.25) is 14.5 Å². The number of carboxylic acids is 1. The molecule has 1 unspecified atom stereocenters. The molecule has 0 radical (unpaired) electrons. The van der Waals surface area contributed by atoms with Crippen LogP contribution in [0.2, 0.25) is 0 Å². The first kappa shape index (κ1) is 23.6. The third kappa shape index (κ3) is 4.72. The lowest BCUT2D eigenvalue weighted by Gasteiger charge is -2.49. The lowest BCUT2D eigenvalue weighted by molar-refractivity contribution is -0.689. The number of carbonyl (C=O) groups is 3. The minimum Gasteiger partial charge on any atom is -0.477 e. The van der Waals surface area contributed by atoms with E-state index in [1.807, 2.05) is 42.1 Å². The molecule has 1 fully saturated rings. The Morgan fingerprint density at radius 3 is 2.79 bits per heavy atom. The number of hydrogen-bond acceptors (Lipinski definition) is 10. The molecule has 1 saturated heterocycles. The fraction of sp³-hybridized carbons (Fsp3) is 0.350. The van der Waals surface area contributed by atoms with Crippen LogP contribution in [-0.4, -0.2) is 66.6 Å². The van der Waals surface area contributed by atoms with Crippen LogP contribution in [0.5, 0.6) is 0 Å². The zero-order valence-electron chi connectivity index (χ0n) is 18.1. The number of nitrogens with two attached hydrogens (primary N) is 1. The second kappa shape index (κ2) is 10.2. The summed E-state index contributed by atoms with van der Waals surface area (Å²) in [6.45, 7) is 2.50. The first-order chi connectivity index (χ1) is 16.4. The Kier molecular flexibility index (Phi) is 7.07. The molecule has 0 saturated carbocycles. The number of oxime groups is 1. The van der Waals surface area contributed by atoms with E-state index in [1.165, 1.54) is 16.7 Å². The number of pyridine rings is 1. The van der Waals surface area contributed by atoms with E-state index in [4.69, 9.17) is 10.6 Å². The van der Waals surface area contributed by atoms with Crippen molar-refractivity contribution in [3.8, 4) is 0 Å². The molecule has 2 aliphatic rings. The predicted octanol–water partition coefficient (Wildman–Crippen LogP) is -0.0227. The quantitative estimate of drug-likeness (QED) is 0.140. The van der Waals surface area contributed by atoms with Crippen LogP contribution in [0.25, 0.3) is 0 Å². The topological polar surface area (TPSA) is 164 Å². The van der Waals surface area contributed by atoms with Crippen LogP contribution >= 0.6 is 23.3 Å². The van der Waals surface area contributed by atoms with Crippen LogP contribution in [0.1, 0.15) is 19.2 Å². The predicted molar refractivity (Wildman–Crippen MR) is 123 cm³/mol. The van der Waals surface area contributed by atoms with E-state index in [1.54, 1.807) is 0 Å². The summed E-state index contributed by atoms with van der Waals surface area (Å²) in [5.41, 5.74) is 5.98. The number of hydrogen-bond donors (Lipinski definition) is 3. The van der Waals surface area contributed by atoms with Crippen molar-refractivity contribution in [1.82, 2.24) is 19.6 Å². The highest BCUT2D eigenvalue weighted by molar-refractivity contribution is 8.00. The molecule has 178 valence electrons. The molecule has 34 heavy (non-hydrogen) atoms. The molecule has 2 aromatic rings. The number of thioether (sulfide) groups is 1. The number of aliphatic carboxylic acids is 1. The Hall–Kier alpha value is -3.52. The Morgan fingerprint density at radius 2 is 2.15 bits per heavy atom. The van der Waals surface area contributed by atoms with Gasteiger partial charge in [0.1, 0.15) is 23.7 Å². The Balaban J connectivity index is 1.52. The minimum atomic E-state index is -1.19. The van der Waals surface area contributed by atoms with Crippen molar-refractivity contribution in [3.05, 3.63) is 47.7 Å². The fourth-order valence-electron chi connectivity index (χ4n) is 3.49. The molecule has 0 spiro atoms. The second-order valence-corrected chi connectivity index (χ2v) is 9.28. The standard InChI is InChI=1S/C20H21N7O5S2/c1-2-8-32-24-12(15-23-20(21)34-25-15)16(28)22-13-17(29)27-14(19(30)31)11(10-33-18(13)27)9-26-6-4-3-5-7-26/h3-7,13,18H,2,8-10H2,1H3,(H3-,21,22,23,25,28,30,31)/p+1/t13?,18-/m1/s1. The Labute approximate surface area is 202 Å². The van der Waals surface area contributed by atoms with E-state index < -0.39 is 29.2 Å². The maximum absolute atomic E-state index is 12.9. The first-order valence-electron chi connectivity index (χ1n) is 10.3. The number of nitrogens with zero attached hydrogens (tertiary/aromatic N) is 5. The van der Waals surface area contributed by atoms with Crippen molar-refractivity contribution in [2.24, 2.45) is 5.16 Å². The molecule has 0 bridgehead atoms. The molecular formula is C20H22N7O5S2+. The van der Waals surface area contributed by atoms with E-state index in [-0.39, 0.29) is 29.0 Å². The molecule has 0 aromatic carbocycles. The molecule has 2 atom stereocenters. The Morgan fingerprint density at radius 1 is 1.38 bits per heavy atom. The molecule has 4 heterocycles. The largest absolute Gasteiger partial charge is 0.477 e. The summed E-state index contributed by atoms with van der Waals surface area (Å²) in [7, 11) is 0. The maximum Gasteiger partial charge on any atom is 0.352 e. The van der Waals surface area contributed by atoms with Crippen molar-refractivity contribution in [3.63, 3.8) is 0 Å². The summed E-state index contributed by atoms with van der Waals surface area (Å²) in [5.74, 6) is -2.02. The molecule has 0 aliphatic carbocycles. The van der Waals surface area contributed by atoms with Gasteiger partial charge in [-0.25, -0.2) is 9.36 Å². The van der Waals surface area contributed by atoms with Crippen molar-refractivity contribution in [1.29, 1.82) is 0 Å². The van der Waals surface area contributed by atoms with Crippen molar-refractivity contribution < 1.29 is 28.9 Å². The van der Waals surface area contributed by atoms with Gasteiger partial charge in [0.05, 0.1) is 0 Å². The Bertz CT molecular complexity index is 1170. The highest BCUT2D eigenvalue weighted by atomic mass is 32.2.